The highest BCUT2D eigenvalue weighted by Gasteiger charge is 2.18. The molecule has 0 atom stereocenters. The van der Waals surface area contributed by atoms with Crippen molar-refractivity contribution in [3.05, 3.63) is 27.7 Å². The highest BCUT2D eigenvalue weighted by Crippen LogP contribution is 2.21. The Hall–Kier alpha value is -0.970. The van der Waals surface area contributed by atoms with Gasteiger partial charge in [0.25, 0.3) is 0 Å². The van der Waals surface area contributed by atoms with Crippen LogP contribution in [0.25, 0.3) is 0 Å². The van der Waals surface area contributed by atoms with E-state index >= 15 is 0 Å². The number of rotatable bonds is 1. The second-order valence-electron chi connectivity index (χ2n) is 2.37. The summed E-state index contributed by atoms with van der Waals surface area (Å²) in [6, 6.07) is 0. The van der Waals surface area contributed by atoms with E-state index in [1.54, 1.807) is 0 Å². The predicted octanol–water partition coefficient (Wildman–Crippen LogP) is 2.08. The second-order valence-corrected chi connectivity index (χ2v) is 3.23. The maximum atomic E-state index is 13.3. The van der Waals surface area contributed by atoms with Crippen LogP contribution in [0.3, 0.4) is 0 Å². The van der Waals surface area contributed by atoms with Gasteiger partial charge in [0.05, 0.1) is 17.3 Å². The molecular formula is C8H7BrFNO2. The molecule has 1 aromatic rings. The average molecular weight is 248 g/mol. The molecule has 0 saturated carbocycles. The van der Waals surface area contributed by atoms with Crippen LogP contribution in [0.15, 0.2) is 10.7 Å². The lowest BCUT2D eigenvalue weighted by atomic mass is 10.2. The van der Waals surface area contributed by atoms with E-state index in [1.165, 1.54) is 20.2 Å². The summed E-state index contributed by atoms with van der Waals surface area (Å²) in [4.78, 5) is 14.8. The third-order valence-electron chi connectivity index (χ3n) is 1.54. The minimum Gasteiger partial charge on any atom is -0.465 e. The first-order valence-electron chi connectivity index (χ1n) is 3.46. The summed E-state index contributed by atoms with van der Waals surface area (Å²) in [7, 11) is 1.20. The molecule has 3 nitrogen and oxygen atoms in total. The third kappa shape index (κ3) is 1.85. The molecule has 1 aromatic heterocycles. The standard InChI is InChI=1S/C8H7BrFNO2/c1-4-7(10)6(8(12)13-2)5(9)3-11-4/h3H,1-2H3. The molecule has 13 heavy (non-hydrogen) atoms. The van der Waals surface area contributed by atoms with Crippen molar-refractivity contribution in [3.63, 3.8) is 0 Å². The van der Waals surface area contributed by atoms with E-state index in [4.69, 9.17) is 0 Å². The maximum Gasteiger partial charge on any atom is 0.342 e. The fourth-order valence-corrected chi connectivity index (χ4v) is 1.29. The monoisotopic (exact) mass is 247 g/mol. The number of halogens is 2. The number of nitrogens with zero attached hydrogens (tertiary/aromatic N) is 1. The summed E-state index contributed by atoms with van der Waals surface area (Å²) in [5, 5.41) is 0. The quantitative estimate of drug-likeness (QED) is 0.714. The molecule has 5 heteroatoms. The van der Waals surface area contributed by atoms with Gasteiger partial charge in [0.15, 0.2) is 5.82 Å². The van der Waals surface area contributed by atoms with Crippen molar-refractivity contribution in [2.45, 2.75) is 6.92 Å². The van der Waals surface area contributed by atoms with Crippen molar-refractivity contribution in [2.75, 3.05) is 7.11 Å². The lowest BCUT2D eigenvalue weighted by Gasteiger charge is -2.04. The molecule has 0 N–H and O–H groups in total. The van der Waals surface area contributed by atoms with E-state index < -0.39 is 11.8 Å². The van der Waals surface area contributed by atoms with Gasteiger partial charge < -0.3 is 4.74 Å². The van der Waals surface area contributed by atoms with E-state index in [0.29, 0.717) is 4.47 Å². The molecule has 0 saturated heterocycles. The van der Waals surface area contributed by atoms with Crippen LogP contribution in [-0.2, 0) is 4.74 Å². The highest BCUT2D eigenvalue weighted by atomic mass is 79.9. The van der Waals surface area contributed by atoms with Gasteiger partial charge in [-0.15, -0.1) is 0 Å². The summed E-state index contributed by atoms with van der Waals surface area (Å²) >= 11 is 3.02. The minimum absolute atomic E-state index is 0.116. The van der Waals surface area contributed by atoms with Crippen LogP contribution in [0.4, 0.5) is 4.39 Å². The molecule has 0 aliphatic carbocycles. The Morgan fingerprint density at radius 3 is 2.85 bits per heavy atom. The maximum absolute atomic E-state index is 13.3. The molecule has 1 heterocycles. The van der Waals surface area contributed by atoms with Crippen LogP contribution in [-0.4, -0.2) is 18.1 Å². The summed E-state index contributed by atoms with van der Waals surface area (Å²) in [5.41, 5.74) is 0.0543. The first kappa shape index (κ1) is 10.1. The SMILES string of the molecule is COC(=O)c1c(Br)cnc(C)c1F. The number of aryl methyl sites for hydroxylation is 1. The number of carbonyl (C=O) groups is 1. The molecule has 0 aromatic carbocycles. The first-order chi connectivity index (χ1) is 6.07. The molecule has 0 fully saturated rings. The van der Waals surface area contributed by atoms with Crippen molar-refractivity contribution in [3.8, 4) is 0 Å². The Morgan fingerprint density at radius 2 is 2.31 bits per heavy atom. The molecule has 0 aliphatic rings. The van der Waals surface area contributed by atoms with E-state index in [1.807, 2.05) is 0 Å². The molecule has 0 aliphatic heterocycles. The molecule has 0 unspecified atom stereocenters. The number of ether oxygens (including phenoxy) is 1. The van der Waals surface area contributed by atoms with Crippen LogP contribution in [0, 0.1) is 12.7 Å². The van der Waals surface area contributed by atoms with Crippen molar-refractivity contribution in [1.29, 1.82) is 0 Å². The average Bonchev–Trinajstić information content (AvgIpc) is 2.12. The molecular weight excluding hydrogens is 241 g/mol. The van der Waals surface area contributed by atoms with Crippen LogP contribution >= 0.6 is 15.9 Å². The van der Waals surface area contributed by atoms with Gasteiger partial charge in [-0.2, -0.15) is 0 Å². The minimum atomic E-state index is -0.713. The fourth-order valence-electron chi connectivity index (χ4n) is 0.850. The van der Waals surface area contributed by atoms with Gasteiger partial charge in [-0.3, -0.25) is 4.98 Å². The van der Waals surface area contributed by atoms with Gasteiger partial charge in [-0.05, 0) is 22.9 Å². The van der Waals surface area contributed by atoms with Crippen LogP contribution < -0.4 is 0 Å². The molecule has 0 bridgehead atoms. The Bertz CT molecular complexity index is 354. The normalized spacial score (nSPS) is 9.85. The van der Waals surface area contributed by atoms with Crippen molar-refractivity contribution >= 4 is 21.9 Å². The van der Waals surface area contributed by atoms with Crippen molar-refractivity contribution in [1.82, 2.24) is 4.98 Å². The zero-order valence-corrected chi connectivity index (χ0v) is 8.68. The lowest BCUT2D eigenvalue weighted by Crippen LogP contribution is -2.08. The number of pyridine rings is 1. The van der Waals surface area contributed by atoms with Gasteiger partial charge >= 0.3 is 5.97 Å². The Kier molecular flexibility index (Phi) is 2.98. The van der Waals surface area contributed by atoms with Gasteiger partial charge in [0.1, 0.15) is 5.56 Å². The number of methoxy groups -OCH3 is 1. The predicted molar refractivity (Wildman–Crippen MR) is 48.0 cm³/mol. The van der Waals surface area contributed by atoms with Crippen molar-refractivity contribution < 1.29 is 13.9 Å². The lowest BCUT2D eigenvalue weighted by molar-refractivity contribution is 0.0594. The van der Waals surface area contributed by atoms with E-state index in [9.17, 15) is 9.18 Å². The smallest absolute Gasteiger partial charge is 0.342 e. The zero-order chi connectivity index (χ0) is 10.0. The number of esters is 1. The third-order valence-corrected chi connectivity index (χ3v) is 2.14. The number of carbonyl (C=O) groups excluding carboxylic acids is 1. The Balaban J connectivity index is 3.33. The van der Waals surface area contributed by atoms with Gasteiger partial charge in [0.2, 0.25) is 0 Å². The topological polar surface area (TPSA) is 39.2 Å². The van der Waals surface area contributed by atoms with Gasteiger partial charge in [-0.25, -0.2) is 9.18 Å². The molecule has 0 spiro atoms. The van der Waals surface area contributed by atoms with Gasteiger partial charge in [0, 0.05) is 6.20 Å². The number of hydrogen-bond acceptors (Lipinski definition) is 3. The first-order valence-corrected chi connectivity index (χ1v) is 4.26. The summed E-state index contributed by atoms with van der Waals surface area (Å²) < 4.78 is 18.0. The van der Waals surface area contributed by atoms with Gasteiger partial charge in [-0.1, -0.05) is 0 Å². The largest absolute Gasteiger partial charge is 0.465 e. The van der Waals surface area contributed by atoms with E-state index in [-0.39, 0.29) is 11.3 Å². The summed E-state index contributed by atoms with van der Waals surface area (Å²) in [6.07, 6.45) is 1.37. The van der Waals surface area contributed by atoms with Crippen LogP contribution in [0.5, 0.6) is 0 Å². The van der Waals surface area contributed by atoms with E-state index in [0.717, 1.165) is 0 Å². The molecule has 70 valence electrons. The van der Waals surface area contributed by atoms with Crippen LogP contribution in [0.1, 0.15) is 16.1 Å². The summed E-state index contributed by atoms with van der Waals surface area (Å²) in [6.45, 7) is 1.48. The molecule has 1 rings (SSSR count). The fraction of sp³-hybridized carbons (Fsp3) is 0.250. The molecule has 0 amide bonds. The highest BCUT2D eigenvalue weighted by molar-refractivity contribution is 9.10. The number of aromatic nitrogens is 1. The number of hydrogen-bond donors (Lipinski definition) is 0. The van der Waals surface area contributed by atoms with E-state index in [2.05, 4.69) is 25.7 Å². The Labute approximate surface area is 83.1 Å². The summed E-state index contributed by atoms with van der Waals surface area (Å²) in [5.74, 6) is -1.36. The van der Waals surface area contributed by atoms with Crippen molar-refractivity contribution in [2.24, 2.45) is 0 Å². The second kappa shape index (κ2) is 3.83. The Morgan fingerprint density at radius 1 is 1.69 bits per heavy atom. The molecule has 0 radical (unpaired) electrons. The zero-order valence-electron chi connectivity index (χ0n) is 7.10. The van der Waals surface area contributed by atoms with Crippen LogP contribution in [0.2, 0.25) is 0 Å².